The molecule has 1 aliphatic carbocycles. The Labute approximate surface area is 101 Å². The first-order valence-corrected chi connectivity index (χ1v) is 5.79. The van der Waals surface area contributed by atoms with Crippen molar-refractivity contribution in [1.29, 1.82) is 5.26 Å². The zero-order valence-electron chi connectivity index (χ0n) is 9.93. The largest absolute Gasteiger partial charge is 0.396 e. The van der Waals surface area contributed by atoms with Crippen molar-refractivity contribution in [2.75, 3.05) is 24.2 Å². The lowest BCUT2D eigenvalue weighted by Gasteiger charge is -2.35. The van der Waals surface area contributed by atoms with Crippen molar-refractivity contribution in [2.24, 2.45) is 5.92 Å². The van der Waals surface area contributed by atoms with Crippen LogP contribution in [0, 0.1) is 17.2 Å². The van der Waals surface area contributed by atoms with E-state index in [1.807, 2.05) is 19.2 Å². The molecule has 1 aliphatic rings. The normalized spacial score (nSPS) is 22.6. The average Bonchev–Trinajstić information content (AvgIpc) is 2.27. The van der Waals surface area contributed by atoms with E-state index >= 15 is 0 Å². The Hall–Kier alpha value is -1.73. The minimum Gasteiger partial charge on any atom is -0.396 e. The molecule has 17 heavy (non-hydrogen) atoms. The summed E-state index contributed by atoms with van der Waals surface area (Å²) in [4.78, 5) is 2.06. The molecule has 0 atom stereocenters. The molecule has 0 unspecified atom stereocenters. The van der Waals surface area contributed by atoms with E-state index in [1.54, 1.807) is 6.07 Å². The molecule has 0 aliphatic heterocycles. The molecular weight excluding hydrogens is 214 g/mol. The highest BCUT2D eigenvalue weighted by Gasteiger charge is 2.28. The van der Waals surface area contributed by atoms with Crippen LogP contribution in [0.15, 0.2) is 18.2 Å². The lowest BCUT2D eigenvalue weighted by molar-refractivity contribution is 0.0465. The van der Waals surface area contributed by atoms with Gasteiger partial charge in [0.15, 0.2) is 0 Å². The molecular formula is C13H17N3O. The Bertz CT molecular complexity index is 446. The average molecular weight is 231 g/mol. The summed E-state index contributed by atoms with van der Waals surface area (Å²) in [5.74, 6) is 0.528. The molecule has 1 aromatic carbocycles. The first-order chi connectivity index (χ1) is 8.11. The van der Waals surface area contributed by atoms with Gasteiger partial charge in [0.25, 0.3) is 0 Å². The second kappa shape index (κ2) is 4.64. The lowest BCUT2D eigenvalue weighted by atomic mass is 9.82. The van der Waals surface area contributed by atoms with Crippen LogP contribution in [-0.2, 0) is 0 Å². The summed E-state index contributed by atoms with van der Waals surface area (Å²) in [6.45, 7) is 0.871. The van der Waals surface area contributed by atoms with E-state index in [0.29, 0.717) is 17.2 Å². The van der Waals surface area contributed by atoms with Crippen LogP contribution in [0.25, 0.3) is 0 Å². The van der Waals surface area contributed by atoms with Crippen LogP contribution in [0.5, 0.6) is 0 Å². The zero-order chi connectivity index (χ0) is 12.4. The summed E-state index contributed by atoms with van der Waals surface area (Å²) >= 11 is 0. The maximum atomic E-state index is 9.25. The van der Waals surface area contributed by atoms with Crippen molar-refractivity contribution in [3.8, 4) is 6.07 Å². The third kappa shape index (κ3) is 2.34. The minimum absolute atomic E-state index is 0.129. The van der Waals surface area contributed by atoms with Crippen molar-refractivity contribution in [1.82, 2.24) is 0 Å². The quantitative estimate of drug-likeness (QED) is 0.770. The molecule has 0 spiro atoms. The molecule has 4 nitrogen and oxygen atoms in total. The van der Waals surface area contributed by atoms with Crippen LogP contribution >= 0.6 is 0 Å². The predicted octanol–water partition coefficient (Wildman–Crippen LogP) is 1.35. The van der Waals surface area contributed by atoms with Crippen molar-refractivity contribution in [3.05, 3.63) is 23.8 Å². The van der Waals surface area contributed by atoms with Crippen molar-refractivity contribution < 1.29 is 5.11 Å². The first kappa shape index (κ1) is 11.7. The third-order valence-corrected chi connectivity index (χ3v) is 3.36. The second-order valence-corrected chi connectivity index (χ2v) is 4.72. The summed E-state index contributed by atoms with van der Waals surface area (Å²) in [6, 6.07) is 7.57. The number of hydrogen-bond donors (Lipinski definition) is 2. The van der Waals surface area contributed by atoms with Gasteiger partial charge in [-0.2, -0.15) is 5.26 Å². The van der Waals surface area contributed by atoms with E-state index in [0.717, 1.165) is 25.1 Å². The second-order valence-electron chi connectivity index (χ2n) is 4.72. The highest BCUT2D eigenvalue weighted by atomic mass is 16.3. The van der Waals surface area contributed by atoms with Crippen LogP contribution < -0.4 is 10.6 Å². The molecule has 0 heterocycles. The van der Waals surface area contributed by atoms with E-state index in [4.69, 9.17) is 11.0 Å². The minimum atomic E-state index is -0.129. The predicted molar refractivity (Wildman–Crippen MR) is 67.6 cm³/mol. The smallest absolute Gasteiger partial charge is 0.101 e. The van der Waals surface area contributed by atoms with Gasteiger partial charge in [0, 0.05) is 13.6 Å². The van der Waals surface area contributed by atoms with E-state index in [-0.39, 0.29) is 6.10 Å². The Morgan fingerprint density at radius 3 is 2.82 bits per heavy atom. The number of anilines is 2. The maximum absolute atomic E-state index is 9.25. The summed E-state index contributed by atoms with van der Waals surface area (Å²) in [6.07, 6.45) is 1.60. The van der Waals surface area contributed by atoms with Gasteiger partial charge >= 0.3 is 0 Å². The van der Waals surface area contributed by atoms with E-state index in [2.05, 4.69) is 11.0 Å². The van der Waals surface area contributed by atoms with Gasteiger partial charge in [-0.05, 0) is 30.9 Å². The Morgan fingerprint density at radius 1 is 1.53 bits per heavy atom. The fraction of sp³-hybridized carbons (Fsp3) is 0.462. The fourth-order valence-corrected chi connectivity index (χ4v) is 2.32. The standard InChI is InChI=1S/C13H17N3O/c1-16(8-9-5-11(17)6-9)12-4-2-3-10(7-14)13(12)15/h2-4,9,11,17H,5-6,8,15H2,1H3. The van der Waals surface area contributed by atoms with Gasteiger partial charge in [0.1, 0.15) is 6.07 Å². The van der Waals surface area contributed by atoms with Crippen LogP contribution in [0.2, 0.25) is 0 Å². The SMILES string of the molecule is CN(CC1CC(O)C1)c1cccc(C#N)c1N. The molecule has 1 fully saturated rings. The van der Waals surface area contributed by atoms with Crippen LogP contribution in [0.4, 0.5) is 11.4 Å². The van der Waals surface area contributed by atoms with Crippen molar-refractivity contribution in [2.45, 2.75) is 18.9 Å². The van der Waals surface area contributed by atoms with Crippen molar-refractivity contribution >= 4 is 11.4 Å². The summed E-state index contributed by atoms with van der Waals surface area (Å²) in [7, 11) is 1.97. The number of aliphatic hydroxyl groups is 1. The van der Waals surface area contributed by atoms with Crippen LogP contribution in [0.1, 0.15) is 18.4 Å². The molecule has 4 heteroatoms. The molecule has 1 saturated carbocycles. The monoisotopic (exact) mass is 231 g/mol. The topological polar surface area (TPSA) is 73.3 Å². The van der Waals surface area contributed by atoms with Gasteiger partial charge in [-0.3, -0.25) is 0 Å². The number of benzene rings is 1. The molecule has 0 aromatic heterocycles. The number of nitriles is 1. The fourth-order valence-electron chi connectivity index (χ4n) is 2.32. The number of aliphatic hydroxyl groups excluding tert-OH is 1. The third-order valence-electron chi connectivity index (χ3n) is 3.36. The summed E-state index contributed by atoms with van der Waals surface area (Å²) in [5.41, 5.74) is 7.89. The van der Waals surface area contributed by atoms with Gasteiger partial charge in [-0.1, -0.05) is 6.07 Å². The highest BCUT2D eigenvalue weighted by molar-refractivity contribution is 5.73. The molecule has 0 saturated heterocycles. The number of nitrogen functional groups attached to an aromatic ring is 1. The highest BCUT2D eigenvalue weighted by Crippen LogP contribution is 2.31. The van der Waals surface area contributed by atoms with Crippen LogP contribution in [0.3, 0.4) is 0 Å². The Morgan fingerprint density at radius 2 is 2.24 bits per heavy atom. The molecule has 90 valence electrons. The van der Waals surface area contributed by atoms with Crippen LogP contribution in [-0.4, -0.2) is 24.8 Å². The van der Waals surface area contributed by atoms with Crippen molar-refractivity contribution in [3.63, 3.8) is 0 Å². The molecule has 1 aromatic rings. The van der Waals surface area contributed by atoms with Gasteiger partial charge in [-0.15, -0.1) is 0 Å². The summed E-state index contributed by atoms with van der Waals surface area (Å²) in [5, 5.41) is 18.2. The zero-order valence-corrected chi connectivity index (χ0v) is 9.93. The summed E-state index contributed by atoms with van der Waals surface area (Å²) < 4.78 is 0. The molecule has 0 radical (unpaired) electrons. The molecule has 0 amide bonds. The number of hydrogen-bond acceptors (Lipinski definition) is 4. The Kier molecular flexibility index (Phi) is 3.21. The van der Waals surface area contributed by atoms with Gasteiger partial charge in [0.05, 0.1) is 23.0 Å². The number of nitrogens with zero attached hydrogens (tertiary/aromatic N) is 2. The first-order valence-electron chi connectivity index (χ1n) is 5.79. The van der Waals surface area contributed by atoms with E-state index < -0.39 is 0 Å². The van der Waals surface area contributed by atoms with Gasteiger partial charge in [-0.25, -0.2) is 0 Å². The molecule has 3 N–H and O–H groups in total. The van der Waals surface area contributed by atoms with Gasteiger partial charge in [0.2, 0.25) is 0 Å². The van der Waals surface area contributed by atoms with Gasteiger partial charge < -0.3 is 15.7 Å². The maximum Gasteiger partial charge on any atom is 0.101 e. The number of para-hydroxylation sites is 1. The number of rotatable bonds is 3. The number of nitrogens with two attached hydrogens (primary N) is 1. The van der Waals surface area contributed by atoms with E-state index in [9.17, 15) is 5.11 Å². The molecule has 2 rings (SSSR count). The van der Waals surface area contributed by atoms with E-state index in [1.165, 1.54) is 0 Å². The lowest BCUT2D eigenvalue weighted by Crippen LogP contribution is -2.37. The Balaban J connectivity index is 2.09. The molecule has 0 bridgehead atoms.